The molecule has 0 spiro atoms. The lowest BCUT2D eigenvalue weighted by molar-refractivity contribution is -0.185. The Morgan fingerprint density at radius 1 is 1.00 bits per heavy atom. The van der Waals surface area contributed by atoms with E-state index < -0.39 is 0 Å². The minimum atomic E-state index is -0.156. The van der Waals surface area contributed by atoms with Gasteiger partial charge in [-0.1, -0.05) is 60.7 Å². The summed E-state index contributed by atoms with van der Waals surface area (Å²) in [5.41, 5.74) is 2.17. The van der Waals surface area contributed by atoms with E-state index in [1.807, 2.05) is 50.2 Å². The smallest absolute Gasteiger partial charge is 0.222 e. The molecule has 1 aliphatic rings. The Morgan fingerprint density at radius 3 is 2.17 bits per heavy atom. The molecule has 2 aromatic carbocycles. The summed E-state index contributed by atoms with van der Waals surface area (Å²) in [5.74, 6) is 0. The molecule has 0 aliphatic carbocycles. The lowest BCUT2D eigenvalue weighted by Gasteiger charge is -2.40. The summed E-state index contributed by atoms with van der Waals surface area (Å²) in [5, 5.41) is 0. The predicted molar refractivity (Wildman–Crippen MR) is 121 cm³/mol. The third-order valence-corrected chi connectivity index (χ3v) is 5.99. The lowest BCUT2D eigenvalue weighted by atomic mass is 10.0. The second-order valence-electron chi connectivity index (χ2n) is 6.90. The van der Waals surface area contributed by atoms with Crippen LogP contribution < -0.4 is 0 Å². The molecule has 1 heterocycles. The van der Waals surface area contributed by atoms with Gasteiger partial charge in [0.1, 0.15) is 11.5 Å². The van der Waals surface area contributed by atoms with Gasteiger partial charge in [-0.15, -0.1) is 0 Å². The normalized spacial score (nSPS) is 24.2. The van der Waals surface area contributed by atoms with E-state index in [1.165, 1.54) is 11.8 Å². The molecule has 29 heavy (non-hydrogen) atoms. The molecule has 0 bridgehead atoms. The van der Waals surface area contributed by atoms with E-state index in [-0.39, 0.29) is 23.7 Å². The van der Waals surface area contributed by atoms with Crippen LogP contribution in [0.4, 0.5) is 0 Å². The molecule has 0 N–H and O–H groups in total. The summed E-state index contributed by atoms with van der Waals surface area (Å²) in [6.45, 7) is 5.59. The summed E-state index contributed by atoms with van der Waals surface area (Å²) in [7, 11) is 0. The molecule has 1 saturated heterocycles. The van der Waals surface area contributed by atoms with Crippen LogP contribution in [0.15, 0.2) is 60.7 Å². The van der Waals surface area contributed by atoms with E-state index in [0.29, 0.717) is 30.6 Å². The number of thioether (sulfide) groups is 1. The topological polar surface area (TPSA) is 36.9 Å². The van der Waals surface area contributed by atoms with Crippen molar-refractivity contribution in [2.45, 2.75) is 57.2 Å². The Kier molecular flexibility index (Phi) is 8.95. The van der Waals surface area contributed by atoms with Crippen LogP contribution in [-0.4, -0.2) is 34.7 Å². The Balaban J connectivity index is 1.65. The van der Waals surface area contributed by atoms with Gasteiger partial charge in [0.05, 0.1) is 32.0 Å². The van der Waals surface area contributed by atoms with Crippen LogP contribution in [-0.2, 0) is 32.2 Å². The number of hydrogen-bond acceptors (Lipinski definition) is 6. The zero-order chi connectivity index (χ0) is 20.5. The van der Waals surface area contributed by atoms with E-state index >= 15 is 0 Å². The second-order valence-corrected chi connectivity index (χ2v) is 8.67. The molecule has 1 aliphatic heterocycles. The molecular formula is C23H28O4S2. The van der Waals surface area contributed by atoms with Crippen molar-refractivity contribution in [1.82, 2.24) is 0 Å². The predicted octanol–water partition coefficient (Wildman–Crippen LogP) is 5.35. The molecule has 3 rings (SSSR count). The van der Waals surface area contributed by atoms with Gasteiger partial charge in [0, 0.05) is 6.42 Å². The molecule has 0 saturated carbocycles. The van der Waals surface area contributed by atoms with Crippen LogP contribution in [0, 0.1) is 0 Å². The quantitative estimate of drug-likeness (QED) is 0.524. The fraction of sp³-hybridized carbons (Fsp3) is 0.435. The van der Waals surface area contributed by atoms with Crippen LogP contribution in [0.25, 0.3) is 0 Å². The van der Waals surface area contributed by atoms with Crippen molar-refractivity contribution in [3.63, 3.8) is 0 Å². The van der Waals surface area contributed by atoms with Crippen molar-refractivity contribution in [2.75, 3.05) is 6.61 Å². The molecule has 0 unspecified atom stereocenters. The van der Waals surface area contributed by atoms with Crippen LogP contribution in [0.2, 0.25) is 0 Å². The number of benzene rings is 2. The van der Waals surface area contributed by atoms with E-state index in [0.717, 1.165) is 11.1 Å². The van der Waals surface area contributed by atoms with Gasteiger partial charge in [0.25, 0.3) is 0 Å². The summed E-state index contributed by atoms with van der Waals surface area (Å²) >= 11 is 6.73. The van der Waals surface area contributed by atoms with Crippen molar-refractivity contribution in [1.29, 1.82) is 0 Å². The molecule has 2 aromatic rings. The largest absolute Gasteiger partial charge is 0.479 e. The van der Waals surface area contributed by atoms with E-state index in [9.17, 15) is 0 Å². The van der Waals surface area contributed by atoms with Crippen molar-refractivity contribution >= 4 is 28.4 Å². The molecule has 6 heteroatoms. The second kappa shape index (κ2) is 11.7. The van der Waals surface area contributed by atoms with E-state index in [2.05, 4.69) is 24.3 Å². The Labute approximate surface area is 182 Å². The number of hydrogen-bond donors (Lipinski definition) is 0. The van der Waals surface area contributed by atoms with Gasteiger partial charge in [-0.3, -0.25) is 0 Å². The van der Waals surface area contributed by atoms with E-state index in [1.54, 1.807) is 0 Å². The molecular weight excluding hydrogens is 404 g/mol. The average Bonchev–Trinajstić information content (AvgIpc) is 2.73. The monoisotopic (exact) mass is 432 g/mol. The Hall–Kier alpha value is -1.44. The number of rotatable bonds is 8. The molecule has 4 nitrogen and oxygen atoms in total. The van der Waals surface area contributed by atoms with Gasteiger partial charge in [0.2, 0.25) is 4.38 Å². The zero-order valence-corrected chi connectivity index (χ0v) is 18.5. The molecule has 156 valence electrons. The first kappa shape index (κ1) is 22.2. The third-order valence-electron chi connectivity index (χ3n) is 4.70. The first-order valence-corrected chi connectivity index (χ1v) is 11.2. The fourth-order valence-electron chi connectivity index (χ4n) is 3.28. The summed E-state index contributed by atoms with van der Waals surface area (Å²) in [4.78, 5) is 0. The average molecular weight is 433 g/mol. The minimum absolute atomic E-state index is 0.0930. The lowest BCUT2D eigenvalue weighted by Crippen LogP contribution is -2.48. The summed E-state index contributed by atoms with van der Waals surface area (Å²) in [6.07, 6.45) is 0.324. The zero-order valence-electron chi connectivity index (χ0n) is 16.9. The van der Waals surface area contributed by atoms with E-state index in [4.69, 9.17) is 31.2 Å². The van der Waals surface area contributed by atoms with Crippen LogP contribution in [0.5, 0.6) is 0 Å². The van der Waals surface area contributed by atoms with Crippen LogP contribution >= 0.6 is 24.0 Å². The highest BCUT2D eigenvalue weighted by Gasteiger charge is 2.39. The maximum absolute atomic E-state index is 6.31. The molecule has 4 atom stereocenters. The van der Waals surface area contributed by atoms with Gasteiger partial charge in [-0.2, -0.15) is 0 Å². The fourth-order valence-corrected chi connectivity index (χ4v) is 4.64. The standard InChI is InChI=1S/C23H28O4S2/c1-3-24-23(28)29-21-14-20(25-15-18-10-6-4-7-11-18)22(17(2)27-21)26-16-19-12-8-5-9-13-19/h4-13,17,20-22H,3,14-16H2,1-2H3/t17-,20-,21+,22-/m0/s1. The maximum atomic E-state index is 6.31. The first-order valence-electron chi connectivity index (χ1n) is 9.95. The SMILES string of the molecule is CCOC(=S)S[C@@H]1C[C@H](OCc2ccccc2)[C@@H](OCc2ccccc2)[C@H](C)O1. The van der Waals surface area contributed by atoms with Crippen LogP contribution in [0.3, 0.4) is 0 Å². The Bertz CT molecular complexity index is 741. The van der Waals surface area contributed by atoms with Gasteiger partial charge in [-0.25, -0.2) is 0 Å². The maximum Gasteiger partial charge on any atom is 0.222 e. The molecule has 0 aromatic heterocycles. The van der Waals surface area contributed by atoms with Crippen molar-refractivity contribution in [3.05, 3.63) is 71.8 Å². The molecule has 0 radical (unpaired) electrons. The van der Waals surface area contributed by atoms with Crippen LogP contribution in [0.1, 0.15) is 31.4 Å². The third kappa shape index (κ3) is 7.08. The summed E-state index contributed by atoms with van der Waals surface area (Å²) < 4.78 is 24.7. The van der Waals surface area contributed by atoms with Gasteiger partial charge < -0.3 is 18.9 Å². The number of ether oxygens (including phenoxy) is 4. The first-order chi connectivity index (χ1) is 14.2. The van der Waals surface area contributed by atoms with Gasteiger partial charge in [-0.05, 0) is 49.0 Å². The molecule has 0 amide bonds. The van der Waals surface area contributed by atoms with Crippen molar-refractivity contribution in [2.24, 2.45) is 0 Å². The highest BCUT2D eigenvalue weighted by atomic mass is 32.2. The Morgan fingerprint density at radius 2 is 1.59 bits per heavy atom. The highest BCUT2D eigenvalue weighted by molar-refractivity contribution is 8.22. The van der Waals surface area contributed by atoms with Gasteiger partial charge in [0.15, 0.2) is 0 Å². The van der Waals surface area contributed by atoms with Crippen molar-refractivity contribution < 1.29 is 18.9 Å². The van der Waals surface area contributed by atoms with Crippen molar-refractivity contribution in [3.8, 4) is 0 Å². The van der Waals surface area contributed by atoms with Gasteiger partial charge >= 0.3 is 0 Å². The summed E-state index contributed by atoms with van der Waals surface area (Å²) in [6, 6.07) is 20.4. The highest BCUT2D eigenvalue weighted by Crippen LogP contribution is 2.33. The molecule has 1 fully saturated rings. The number of thiocarbonyl (C=S) groups is 1. The minimum Gasteiger partial charge on any atom is -0.479 e.